The number of rotatable bonds is 8. The lowest BCUT2D eigenvalue weighted by atomic mass is 9.79. The summed E-state index contributed by atoms with van der Waals surface area (Å²) in [7, 11) is 0. The van der Waals surface area contributed by atoms with E-state index in [0.717, 1.165) is 13.1 Å². The molecular formula is C22H34N6O6S. The van der Waals surface area contributed by atoms with Gasteiger partial charge in [0.05, 0.1) is 24.1 Å². The number of nitrogens with zero attached hydrogens (tertiary/aromatic N) is 2. The summed E-state index contributed by atoms with van der Waals surface area (Å²) in [5.41, 5.74) is 0.00234. The monoisotopic (exact) mass is 510 g/mol. The van der Waals surface area contributed by atoms with Crippen LogP contribution >= 0.6 is 11.8 Å². The smallest absolute Gasteiger partial charge is 0.353 e. The molecule has 0 spiro atoms. The van der Waals surface area contributed by atoms with E-state index in [-0.39, 0.29) is 40.8 Å². The molecule has 0 aromatic heterocycles. The molecule has 194 valence electrons. The minimum absolute atomic E-state index is 0.00234. The highest BCUT2D eigenvalue weighted by Gasteiger charge is 2.60. The van der Waals surface area contributed by atoms with Crippen molar-refractivity contribution in [3.63, 3.8) is 0 Å². The number of urea groups is 1. The number of aliphatic hydroxyl groups excluding tert-OH is 1. The van der Waals surface area contributed by atoms with Crippen molar-refractivity contribution in [1.82, 2.24) is 31.1 Å². The number of hydrogen-bond donors (Lipinski definition) is 6. The Hall–Kier alpha value is -2.35. The maximum Gasteiger partial charge on any atom is 0.353 e. The van der Waals surface area contributed by atoms with Gasteiger partial charge in [-0.1, -0.05) is 6.92 Å². The SMILES string of the molecule is C[C@@H](O)C1C(=O)N2C(C(=O)O)=C(S[C@H]3CNC(C(=O)NCCNC(=O)N4CCNCC4)C3)[C@H](C)C12. The van der Waals surface area contributed by atoms with Crippen LogP contribution in [-0.2, 0) is 14.4 Å². The van der Waals surface area contributed by atoms with Crippen molar-refractivity contribution in [2.75, 3.05) is 45.8 Å². The molecule has 4 heterocycles. The fourth-order valence-electron chi connectivity index (χ4n) is 5.31. The van der Waals surface area contributed by atoms with Crippen LogP contribution in [0.1, 0.15) is 20.3 Å². The molecular weight excluding hydrogens is 476 g/mol. The maximum atomic E-state index is 12.6. The van der Waals surface area contributed by atoms with Crippen molar-refractivity contribution in [1.29, 1.82) is 0 Å². The third-order valence-corrected chi connectivity index (χ3v) is 8.63. The van der Waals surface area contributed by atoms with Crippen molar-refractivity contribution >= 4 is 35.6 Å². The van der Waals surface area contributed by atoms with Crippen LogP contribution < -0.4 is 21.3 Å². The van der Waals surface area contributed by atoms with Crippen LogP contribution in [0.4, 0.5) is 4.79 Å². The lowest BCUT2D eigenvalue weighted by molar-refractivity contribution is -0.163. The standard InChI is InChI=1S/C22H34N6O6S/c1-11-16-15(12(2)29)20(31)28(16)17(21(32)33)18(11)35-13-9-14(26-10-13)19(30)24-3-4-25-22(34)27-7-5-23-6-8-27/h11-16,23,26,29H,3-10H2,1-2H3,(H,24,30)(H,25,34)(H,32,33)/t11-,12-,13-,14?,15?,16?/m1/s1. The van der Waals surface area contributed by atoms with Crippen LogP contribution in [0.15, 0.2) is 10.6 Å². The highest BCUT2D eigenvalue weighted by Crippen LogP contribution is 2.51. The molecule has 3 unspecified atom stereocenters. The number of thioether (sulfide) groups is 1. The second-order valence-electron chi connectivity index (χ2n) is 9.47. The van der Waals surface area contributed by atoms with Gasteiger partial charge in [0.2, 0.25) is 11.8 Å². The number of carboxylic acid groups (broad SMARTS) is 1. The Morgan fingerprint density at radius 2 is 1.89 bits per heavy atom. The Kier molecular flexibility index (Phi) is 7.89. The van der Waals surface area contributed by atoms with Crippen LogP contribution in [0.25, 0.3) is 0 Å². The molecule has 0 radical (unpaired) electrons. The maximum absolute atomic E-state index is 12.6. The van der Waals surface area contributed by atoms with Gasteiger partial charge < -0.3 is 41.3 Å². The minimum atomic E-state index is -1.15. The Bertz CT molecular complexity index is 907. The summed E-state index contributed by atoms with van der Waals surface area (Å²) >= 11 is 1.41. The second kappa shape index (κ2) is 10.7. The average Bonchev–Trinajstić information content (AvgIpc) is 3.39. The number of nitrogens with one attached hydrogen (secondary N) is 4. The fourth-order valence-corrected chi connectivity index (χ4v) is 6.79. The Morgan fingerprint density at radius 1 is 1.20 bits per heavy atom. The highest BCUT2D eigenvalue weighted by molar-refractivity contribution is 8.03. The van der Waals surface area contributed by atoms with Crippen molar-refractivity contribution in [2.45, 2.75) is 43.7 Å². The number of carbonyl (C=O) groups excluding carboxylic acids is 3. The minimum Gasteiger partial charge on any atom is -0.477 e. The van der Waals surface area contributed by atoms with Gasteiger partial charge in [-0.15, -0.1) is 11.8 Å². The summed E-state index contributed by atoms with van der Waals surface area (Å²) in [5, 5.41) is 31.8. The van der Waals surface area contributed by atoms with Gasteiger partial charge in [0.1, 0.15) is 5.70 Å². The molecule has 6 N–H and O–H groups in total. The fraction of sp³-hybridized carbons (Fsp3) is 0.727. The number of hydrogen-bond acceptors (Lipinski definition) is 8. The molecule has 0 aromatic rings. The molecule has 4 rings (SSSR count). The lowest BCUT2D eigenvalue weighted by Crippen LogP contribution is -2.63. The summed E-state index contributed by atoms with van der Waals surface area (Å²) in [6, 6.07) is -0.891. The molecule has 3 saturated heterocycles. The van der Waals surface area contributed by atoms with Gasteiger partial charge in [0.25, 0.3) is 0 Å². The summed E-state index contributed by atoms with van der Waals surface area (Å²) in [4.78, 5) is 52.8. The van der Waals surface area contributed by atoms with Crippen LogP contribution in [0, 0.1) is 11.8 Å². The largest absolute Gasteiger partial charge is 0.477 e. The molecule has 35 heavy (non-hydrogen) atoms. The predicted octanol–water partition coefficient (Wildman–Crippen LogP) is -1.67. The van der Waals surface area contributed by atoms with Gasteiger partial charge in [0.15, 0.2) is 0 Å². The number of amides is 4. The number of aliphatic hydroxyl groups is 1. The number of carboxylic acids is 1. The molecule has 12 nitrogen and oxygen atoms in total. The molecule has 4 amide bonds. The zero-order chi connectivity index (χ0) is 25.3. The number of piperazine rings is 1. The summed E-state index contributed by atoms with van der Waals surface area (Å²) < 4.78 is 0. The molecule has 6 atom stereocenters. The van der Waals surface area contributed by atoms with Gasteiger partial charge in [0, 0.05) is 61.9 Å². The van der Waals surface area contributed by atoms with Gasteiger partial charge in [-0.05, 0) is 13.3 Å². The number of β-lactam (4-membered cyclic amide) rings is 1. The van der Waals surface area contributed by atoms with E-state index in [0.29, 0.717) is 44.0 Å². The van der Waals surface area contributed by atoms with E-state index in [1.807, 2.05) is 6.92 Å². The normalized spacial score (nSPS) is 31.2. The molecule has 0 bridgehead atoms. The number of carbonyl (C=O) groups is 4. The molecule has 0 saturated carbocycles. The first-order chi connectivity index (χ1) is 16.7. The lowest BCUT2D eigenvalue weighted by Gasteiger charge is -2.46. The first-order valence-electron chi connectivity index (χ1n) is 12.1. The van der Waals surface area contributed by atoms with E-state index in [2.05, 4.69) is 21.3 Å². The summed E-state index contributed by atoms with van der Waals surface area (Å²) in [6.45, 7) is 7.50. The first-order valence-corrected chi connectivity index (χ1v) is 13.0. The third kappa shape index (κ3) is 5.13. The van der Waals surface area contributed by atoms with E-state index < -0.39 is 24.0 Å². The highest BCUT2D eigenvalue weighted by atomic mass is 32.2. The van der Waals surface area contributed by atoms with Gasteiger partial charge >= 0.3 is 12.0 Å². The van der Waals surface area contributed by atoms with E-state index in [4.69, 9.17) is 0 Å². The zero-order valence-corrected chi connectivity index (χ0v) is 20.8. The topological polar surface area (TPSA) is 163 Å². The van der Waals surface area contributed by atoms with Crippen molar-refractivity contribution < 1.29 is 29.4 Å². The zero-order valence-electron chi connectivity index (χ0n) is 20.0. The second-order valence-corrected chi connectivity index (χ2v) is 10.8. The Balaban J connectivity index is 1.25. The third-order valence-electron chi connectivity index (χ3n) is 7.12. The van der Waals surface area contributed by atoms with Gasteiger partial charge in [-0.2, -0.15) is 0 Å². The molecule has 13 heteroatoms. The molecule has 0 aliphatic carbocycles. The molecule has 3 fully saturated rings. The van der Waals surface area contributed by atoms with Crippen molar-refractivity contribution in [2.24, 2.45) is 11.8 Å². The van der Waals surface area contributed by atoms with Crippen molar-refractivity contribution in [3.05, 3.63) is 10.6 Å². The quantitative estimate of drug-likeness (QED) is 0.166. The number of aliphatic carboxylic acids is 1. The Morgan fingerprint density at radius 3 is 2.54 bits per heavy atom. The van der Waals surface area contributed by atoms with Gasteiger partial charge in [-0.3, -0.25) is 9.59 Å². The van der Waals surface area contributed by atoms with Gasteiger partial charge in [-0.25, -0.2) is 9.59 Å². The van der Waals surface area contributed by atoms with Crippen molar-refractivity contribution in [3.8, 4) is 0 Å². The predicted molar refractivity (Wildman–Crippen MR) is 128 cm³/mol. The first kappa shape index (κ1) is 25.7. The van der Waals surface area contributed by atoms with Crippen LogP contribution in [0.5, 0.6) is 0 Å². The summed E-state index contributed by atoms with van der Waals surface area (Å²) in [5.74, 6) is -2.46. The Labute approximate surface area is 208 Å². The number of fused-ring (bicyclic) bond motifs is 1. The van der Waals surface area contributed by atoms with Crippen LogP contribution in [0.2, 0.25) is 0 Å². The van der Waals surface area contributed by atoms with E-state index in [9.17, 15) is 29.4 Å². The van der Waals surface area contributed by atoms with E-state index >= 15 is 0 Å². The van der Waals surface area contributed by atoms with Crippen LogP contribution in [0.3, 0.4) is 0 Å². The van der Waals surface area contributed by atoms with E-state index in [1.165, 1.54) is 16.7 Å². The van der Waals surface area contributed by atoms with Crippen LogP contribution in [-0.4, -0.2) is 113 Å². The molecule has 0 aromatic carbocycles. The average molecular weight is 511 g/mol. The summed E-state index contributed by atoms with van der Waals surface area (Å²) in [6.07, 6.45) is -0.320. The molecule has 4 aliphatic heterocycles. The van der Waals surface area contributed by atoms with E-state index in [1.54, 1.807) is 11.8 Å². The molecule has 4 aliphatic rings.